The number of H-pyrrole nitrogens is 1. The highest BCUT2D eigenvalue weighted by molar-refractivity contribution is 5.57. The fourth-order valence-electron chi connectivity index (χ4n) is 3.80. The number of anilines is 1. The molecule has 0 amide bonds. The fourth-order valence-corrected chi connectivity index (χ4v) is 3.80. The van der Waals surface area contributed by atoms with E-state index in [1.165, 1.54) is 5.56 Å². The van der Waals surface area contributed by atoms with Crippen LogP contribution >= 0.6 is 0 Å². The second kappa shape index (κ2) is 8.51. The number of piperazine rings is 1. The van der Waals surface area contributed by atoms with Crippen LogP contribution < -0.4 is 9.88 Å². The molecule has 1 fully saturated rings. The Kier molecular flexibility index (Phi) is 5.40. The van der Waals surface area contributed by atoms with Crippen LogP contribution in [0.15, 0.2) is 47.1 Å². The Labute approximate surface area is 186 Å². The molecule has 0 radical (unpaired) electrons. The number of aromatic nitrogens is 6. The van der Waals surface area contributed by atoms with E-state index in [1.807, 2.05) is 49.0 Å². The molecule has 0 spiro atoms. The number of hydrogen-bond acceptors (Lipinski definition) is 7. The van der Waals surface area contributed by atoms with Crippen molar-refractivity contribution in [2.75, 3.05) is 38.1 Å². The molecular weight excluding hydrogens is 404 g/mol. The first-order chi connectivity index (χ1) is 15.5. The van der Waals surface area contributed by atoms with Crippen LogP contribution in [-0.2, 0) is 6.54 Å². The lowest BCUT2D eigenvalue weighted by molar-refractivity contribution is -0.364. The highest BCUT2D eigenvalue weighted by atomic mass is 16.5. The lowest BCUT2D eigenvalue weighted by Gasteiger charge is -2.27. The number of hydrogen-bond donors (Lipinski definition) is 0. The van der Waals surface area contributed by atoms with Crippen molar-refractivity contribution in [2.45, 2.75) is 20.4 Å². The van der Waals surface area contributed by atoms with Gasteiger partial charge in [-0.25, -0.2) is 14.6 Å². The average molecular weight is 432 g/mol. The van der Waals surface area contributed by atoms with Gasteiger partial charge in [0.05, 0.1) is 25.8 Å². The minimum absolute atomic E-state index is 0.321. The summed E-state index contributed by atoms with van der Waals surface area (Å²) in [5, 5.41) is 8.72. The molecule has 1 aromatic carbocycles. The average Bonchev–Trinajstić information content (AvgIpc) is 3.42. The van der Waals surface area contributed by atoms with Crippen LogP contribution in [0.2, 0.25) is 0 Å². The molecule has 9 heteroatoms. The maximum absolute atomic E-state index is 5.45. The van der Waals surface area contributed by atoms with E-state index in [9.17, 15) is 0 Å². The Morgan fingerprint density at radius 1 is 0.969 bits per heavy atom. The standard InChI is InChI=1S/C23H26N8O/c1-16-4-6-19(7-5-16)21-26-23(32-28-21)22-25-17(2)31(27-22)15-18-8-9-24-20(14-18)30-12-10-29(3)11-13-30/h4-9,14H,10-13,15H2,1-3H3/p+1. The van der Waals surface area contributed by atoms with Gasteiger partial charge in [0.2, 0.25) is 11.6 Å². The minimum Gasteiger partial charge on any atom is -0.330 e. The highest BCUT2D eigenvalue weighted by Crippen LogP contribution is 2.21. The van der Waals surface area contributed by atoms with E-state index in [0.29, 0.717) is 24.1 Å². The summed E-state index contributed by atoms with van der Waals surface area (Å²) in [6.45, 7) is 8.77. The molecule has 1 saturated heterocycles. The number of nitrogens with one attached hydrogen (secondary N) is 1. The van der Waals surface area contributed by atoms with Crippen LogP contribution in [0.5, 0.6) is 0 Å². The number of benzene rings is 1. The van der Waals surface area contributed by atoms with Gasteiger partial charge in [0, 0.05) is 24.7 Å². The summed E-state index contributed by atoms with van der Waals surface area (Å²) >= 11 is 0. The van der Waals surface area contributed by atoms with Gasteiger partial charge in [-0.1, -0.05) is 35.0 Å². The second-order valence-electron chi connectivity index (χ2n) is 8.30. The third kappa shape index (κ3) is 4.24. The number of rotatable bonds is 5. The van der Waals surface area contributed by atoms with Gasteiger partial charge in [0.1, 0.15) is 5.82 Å². The van der Waals surface area contributed by atoms with Crippen molar-refractivity contribution in [3.05, 3.63) is 59.5 Å². The number of pyridine rings is 1. The predicted molar refractivity (Wildman–Crippen MR) is 120 cm³/mol. The maximum atomic E-state index is 5.45. The van der Waals surface area contributed by atoms with Gasteiger partial charge >= 0.3 is 0 Å². The van der Waals surface area contributed by atoms with E-state index in [2.05, 4.69) is 54.2 Å². The van der Waals surface area contributed by atoms with Crippen molar-refractivity contribution in [3.63, 3.8) is 0 Å². The molecule has 4 heterocycles. The van der Waals surface area contributed by atoms with E-state index in [0.717, 1.165) is 48.9 Å². The normalized spacial score (nSPS) is 14.8. The highest BCUT2D eigenvalue weighted by Gasteiger charge is 2.22. The van der Waals surface area contributed by atoms with Gasteiger partial charge in [0.15, 0.2) is 0 Å². The molecule has 5 rings (SSSR count). The second-order valence-corrected chi connectivity index (χ2v) is 8.30. The Balaban J connectivity index is 1.33. The van der Waals surface area contributed by atoms with Gasteiger partial charge in [0.25, 0.3) is 11.7 Å². The molecule has 1 aliphatic heterocycles. The predicted octanol–water partition coefficient (Wildman–Crippen LogP) is 2.23. The smallest absolute Gasteiger partial charge is 0.297 e. The molecule has 3 aromatic heterocycles. The summed E-state index contributed by atoms with van der Waals surface area (Å²) in [5.41, 5.74) is 3.24. The zero-order chi connectivity index (χ0) is 22.1. The summed E-state index contributed by atoms with van der Waals surface area (Å²) in [5.74, 6) is 3.22. The first-order valence-corrected chi connectivity index (χ1v) is 10.8. The molecule has 0 atom stereocenters. The number of aromatic amines is 1. The molecule has 1 N–H and O–H groups in total. The third-order valence-corrected chi connectivity index (χ3v) is 5.81. The summed E-state index contributed by atoms with van der Waals surface area (Å²) < 4.78 is 7.32. The lowest BCUT2D eigenvalue weighted by atomic mass is 10.1. The van der Waals surface area contributed by atoms with Crippen LogP contribution in [0.3, 0.4) is 0 Å². The third-order valence-electron chi connectivity index (χ3n) is 5.81. The molecule has 0 unspecified atom stereocenters. The number of nitrogens with zero attached hydrogens (tertiary/aromatic N) is 7. The molecule has 9 nitrogen and oxygen atoms in total. The molecule has 1 aliphatic rings. The molecule has 4 aromatic rings. The maximum Gasteiger partial charge on any atom is 0.297 e. The van der Waals surface area contributed by atoms with Gasteiger partial charge in [-0.15, -0.1) is 5.10 Å². The zero-order valence-electron chi connectivity index (χ0n) is 18.6. The fraction of sp³-hybridized carbons (Fsp3) is 0.348. The molecule has 32 heavy (non-hydrogen) atoms. The van der Waals surface area contributed by atoms with Crippen LogP contribution in [0.1, 0.15) is 17.0 Å². The van der Waals surface area contributed by atoms with Crippen molar-refractivity contribution in [1.29, 1.82) is 0 Å². The van der Waals surface area contributed by atoms with Gasteiger partial charge in [-0.2, -0.15) is 4.98 Å². The first-order valence-electron chi connectivity index (χ1n) is 10.8. The van der Waals surface area contributed by atoms with Crippen LogP contribution in [0.4, 0.5) is 5.82 Å². The lowest BCUT2D eigenvalue weighted by Crippen LogP contribution is -2.46. The molecule has 0 saturated carbocycles. The molecule has 0 aliphatic carbocycles. The summed E-state index contributed by atoms with van der Waals surface area (Å²) in [6, 6.07) is 12.3. The van der Waals surface area contributed by atoms with E-state index in [4.69, 9.17) is 4.52 Å². The largest absolute Gasteiger partial charge is 0.330 e. The van der Waals surface area contributed by atoms with Crippen molar-refractivity contribution in [2.24, 2.45) is 0 Å². The van der Waals surface area contributed by atoms with Crippen molar-refractivity contribution in [1.82, 2.24) is 29.8 Å². The van der Waals surface area contributed by atoms with E-state index >= 15 is 0 Å². The monoisotopic (exact) mass is 431 g/mol. The number of likely N-dealkylation sites (N-methyl/N-ethyl adjacent to an activating group) is 1. The van der Waals surface area contributed by atoms with Gasteiger partial charge < -0.3 is 4.52 Å². The minimum atomic E-state index is 0.321. The van der Waals surface area contributed by atoms with Crippen LogP contribution in [-0.4, -0.2) is 63.0 Å². The zero-order valence-corrected chi connectivity index (χ0v) is 18.6. The Morgan fingerprint density at radius 3 is 2.53 bits per heavy atom. The van der Waals surface area contributed by atoms with Crippen molar-refractivity contribution in [3.8, 4) is 23.1 Å². The Bertz CT molecular complexity index is 1200. The van der Waals surface area contributed by atoms with Crippen LogP contribution in [0, 0.1) is 13.8 Å². The van der Waals surface area contributed by atoms with E-state index in [1.54, 1.807) is 0 Å². The van der Waals surface area contributed by atoms with Crippen molar-refractivity contribution < 1.29 is 9.51 Å². The topological polar surface area (TPSA) is 90.2 Å². The molecular formula is C23H27N8O+. The van der Waals surface area contributed by atoms with Gasteiger partial charge in [-0.05, 0) is 32.5 Å². The van der Waals surface area contributed by atoms with E-state index < -0.39 is 0 Å². The van der Waals surface area contributed by atoms with Gasteiger partial charge in [-0.3, -0.25) is 9.80 Å². The van der Waals surface area contributed by atoms with Crippen molar-refractivity contribution >= 4 is 5.82 Å². The molecule has 0 bridgehead atoms. The van der Waals surface area contributed by atoms with E-state index in [-0.39, 0.29) is 0 Å². The van der Waals surface area contributed by atoms with Crippen LogP contribution in [0.25, 0.3) is 23.1 Å². The summed E-state index contributed by atoms with van der Waals surface area (Å²) in [4.78, 5) is 17.2. The quantitative estimate of drug-likeness (QED) is 0.479. The first kappa shape index (κ1) is 20.3. The SMILES string of the molecule is Cc1ccc(-c2noc(-c3nc(C)n(Cc4cc[nH+]c(N5CCN(C)CC5)c4)n3)n2)cc1. The summed E-state index contributed by atoms with van der Waals surface area (Å²) in [6.07, 6.45) is 1.99. The summed E-state index contributed by atoms with van der Waals surface area (Å²) in [7, 11) is 2.16. The Morgan fingerprint density at radius 2 is 1.75 bits per heavy atom. The Hall–Kier alpha value is -3.59. The number of aryl methyl sites for hydroxylation is 2. The molecule has 164 valence electrons.